The number of carbonyl (C=O) groups is 1. The monoisotopic (exact) mass is 186 g/mol. The van der Waals surface area contributed by atoms with Crippen LogP contribution in [0.2, 0.25) is 0 Å². The summed E-state index contributed by atoms with van der Waals surface area (Å²) in [5, 5.41) is 12.3. The molecule has 0 spiro atoms. The zero-order valence-corrected chi connectivity index (χ0v) is 7.06. The van der Waals surface area contributed by atoms with Crippen LogP contribution in [-0.2, 0) is 4.79 Å². The maximum Gasteiger partial charge on any atom is 0.315 e. The number of allylic oxidation sites excluding steroid dienone is 1. The summed E-state index contributed by atoms with van der Waals surface area (Å²) in [6.07, 6.45) is 2.14. The smallest absolute Gasteiger partial charge is 0.315 e. The van der Waals surface area contributed by atoms with E-state index in [0.717, 1.165) is 12.3 Å². The third kappa shape index (κ3) is 5.36. The van der Waals surface area contributed by atoms with Gasteiger partial charge in [0.15, 0.2) is 0 Å². The van der Waals surface area contributed by atoms with Gasteiger partial charge in [0, 0.05) is 19.3 Å². The van der Waals surface area contributed by atoms with E-state index in [9.17, 15) is 14.9 Å². The van der Waals surface area contributed by atoms with Crippen molar-refractivity contribution in [2.75, 3.05) is 13.6 Å². The van der Waals surface area contributed by atoms with Crippen LogP contribution in [0.1, 0.15) is 0 Å². The molecule has 0 aromatic carbocycles. The molecule has 0 aliphatic carbocycles. The third-order valence-electron chi connectivity index (χ3n) is 1.08. The Labute approximate surface area is 74.5 Å². The summed E-state index contributed by atoms with van der Waals surface area (Å²) in [6.45, 7) is -0.0714. The highest BCUT2D eigenvalue weighted by Crippen LogP contribution is 1.81. The number of hydrogen-bond donors (Lipinski definition) is 2. The average Bonchev–Trinajstić information content (AvgIpc) is 2.11. The summed E-state index contributed by atoms with van der Waals surface area (Å²) in [6, 6.07) is 0. The Bertz CT molecular complexity index is 259. The van der Waals surface area contributed by atoms with Crippen LogP contribution in [0, 0.1) is 10.1 Å². The molecule has 0 saturated heterocycles. The number of carbonyl (C=O) groups excluding carboxylic acids is 1. The first-order valence-corrected chi connectivity index (χ1v) is 3.38. The number of nitrogens with zero attached hydrogens (tertiary/aromatic N) is 2. The van der Waals surface area contributed by atoms with Gasteiger partial charge in [0.25, 0.3) is 0 Å². The van der Waals surface area contributed by atoms with E-state index in [-0.39, 0.29) is 12.5 Å². The standard InChI is InChI=1S/C6H10N4O3/c1-8-6(11)4-9-3-2-5(7)10(12)13/h2-3H,4,7H2,1H3,(H,8,11). The first-order valence-electron chi connectivity index (χ1n) is 3.38. The molecule has 0 heterocycles. The van der Waals surface area contributed by atoms with Crippen LogP contribution >= 0.6 is 0 Å². The molecule has 0 radical (unpaired) electrons. The minimum absolute atomic E-state index is 0.0714. The van der Waals surface area contributed by atoms with Crippen molar-refractivity contribution in [2.45, 2.75) is 0 Å². The van der Waals surface area contributed by atoms with Gasteiger partial charge in [-0.25, -0.2) is 0 Å². The minimum atomic E-state index is -0.744. The van der Waals surface area contributed by atoms with Crippen molar-refractivity contribution in [3.8, 4) is 0 Å². The number of nitrogens with one attached hydrogen (secondary N) is 1. The fourth-order valence-electron chi connectivity index (χ4n) is 0.405. The van der Waals surface area contributed by atoms with Crippen LogP contribution < -0.4 is 11.1 Å². The van der Waals surface area contributed by atoms with E-state index in [1.807, 2.05) is 0 Å². The normalized spacial score (nSPS) is 11.6. The van der Waals surface area contributed by atoms with Crippen molar-refractivity contribution >= 4 is 12.1 Å². The number of rotatable bonds is 4. The van der Waals surface area contributed by atoms with Gasteiger partial charge >= 0.3 is 5.82 Å². The lowest BCUT2D eigenvalue weighted by atomic mass is 10.5. The van der Waals surface area contributed by atoms with E-state index >= 15 is 0 Å². The SMILES string of the molecule is CNC(=O)CN=CC=C(N)[N+](=O)[O-]. The number of nitro groups is 1. The molecular weight excluding hydrogens is 176 g/mol. The summed E-state index contributed by atoms with van der Waals surface area (Å²) >= 11 is 0. The largest absolute Gasteiger partial charge is 0.358 e. The van der Waals surface area contributed by atoms with Crippen LogP contribution in [0.15, 0.2) is 16.9 Å². The van der Waals surface area contributed by atoms with Crippen molar-refractivity contribution in [3.63, 3.8) is 0 Å². The molecule has 0 saturated carbocycles. The first kappa shape index (κ1) is 11.1. The summed E-state index contributed by atoms with van der Waals surface area (Å²) in [5.74, 6) is -0.787. The second-order valence-electron chi connectivity index (χ2n) is 2.01. The van der Waals surface area contributed by atoms with Gasteiger partial charge in [0.2, 0.25) is 5.91 Å². The average molecular weight is 186 g/mol. The summed E-state index contributed by atoms with van der Waals surface area (Å²) in [4.78, 5) is 23.4. The van der Waals surface area contributed by atoms with Crippen molar-refractivity contribution in [1.29, 1.82) is 0 Å². The first-order chi connectivity index (χ1) is 6.07. The van der Waals surface area contributed by atoms with Gasteiger partial charge < -0.3 is 15.4 Å². The van der Waals surface area contributed by atoms with Crippen molar-refractivity contribution in [2.24, 2.45) is 10.7 Å². The zero-order valence-electron chi connectivity index (χ0n) is 7.06. The van der Waals surface area contributed by atoms with E-state index in [1.54, 1.807) is 0 Å². The molecule has 0 aromatic heterocycles. The van der Waals surface area contributed by atoms with Crippen molar-refractivity contribution < 1.29 is 9.72 Å². The number of hydrogen-bond acceptors (Lipinski definition) is 5. The molecule has 0 rings (SSSR count). The van der Waals surface area contributed by atoms with Gasteiger partial charge in [-0.05, 0) is 4.92 Å². The molecule has 3 N–H and O–H groups in total. The fraction of sp³-hybridized carbons (Fsp3) is 0.333. The van der Waals surface area contributed by atoms with Gasteiger partial charge in [-0.3, -0.25) is 15.5 Å². The van der Waals surface area contributed by atoms with Crippen LogP contribution in [0.4, 0.5) is 0 Å². The second kappa shape index (κ2) is 5.70. The van der Waals surface area contributed by atoms with Gasteiger partial charge in [-0.2, -0.15) is 0 Å². The Kier molecular flexibility index (Phi) is 4.85. The van der Waals surface area contributed by atoms with E-state index < -0.39 is 10.7 Å². The lowest BCUT2D eigenvalue weighted by Crippen LogP contribution is -2.20. The number of likely N-dealkylation sites (N-methyl/N-ethyl adjacent to an activating group) is 1. The van der Waals surface area contributed by atoms with Crippen molar-refractivity contribution in [1.82, 2.24) is 5.32 Å². The molecule has 1 amide bonds. The van der Waals surface area contributed by atoms with Crippen molar-refractivity contribution in [3.05, 3.63) is 22.0 Å². The minimum Gasteiger partial charge on any atom is -0.358 e. The van der Waals surface area contributed by atoms with Gasteiger partial charge in [0.1, 0.15) is 6.54 Å². The van der Waals surface area contributed by atoms with E-state index in [2.05, 4.69) is 10.3 Å². The van der Waals surface area contributed by atoms with Gasteiger partial charge in [-0.15, -0.1) is 0 Å². The number of aliphatic imine (C=N–C) groups is 1. The lowest BCUT2D eigenvalue weighted by molar-refractivity contribution is -0.426. The molecule has 0 aliphatic heterocycles. The number of nitrogens with two attached hydrogens (primary N) is 1. The summed E-state index contributed by atoms with van der Waals surface area (Å²) in [5.41, 5.74) is 4.94. The van der Waals surface area contributed by atoms with Gasteiger partial charge in [-0.1, -0.05) is 0 Å². The predicted octanol–water partition coefficient (Wildman–Crippen LogP) is -1.12. The molecule has 0 unspecified atom stereocenters. The fourth-order valence-corrected chi connectivity index (χ4v) is 0.405. The van der Waals surface area contributed by atoms with Crippen LogP contribution in [0.25, 0.3) is 0 Å². The van der Waals surface area contributed by atoms with Crippen LogP contribution in [0.5, 0.6) is 0 Å². The summed E-state index contributed by atoms with van der Waals surface area (Å²) < 4.78 is 0. The van der Waals surface area contributed by atoms with Crippen LogP contribution in [0.3, 0.4) is 0 Å². The Balaban J connectivity index is 3.94. The molecule has 7 nitrogen and oxygen atoms in total. The van der Waals surface area contributed by atoms with Gasteiger partial charge in [0.05, 0.1) is 0 Å². The maximum atomic E-state index is 10.6. The Morgan fingerprint density at radius 2 is 2.38 bits per heavy atom. The Morgan fingerprint density at radius 3 is 2.85 bits per heavy atom. The molecule has 7 heteroatoms. The second-order valence-corrected chi connectivity index (χ2v) is 2.01. The molecule has 0 atom stereocenters. The van der Waals surface area contributed by atoms with E-state index in [0.29, 0.717) is 0 Å². The zero-order chi connectivity index (χ0) is 10.3. The maximum absolute atomic E-state index is 10.6. The highest BCUT2D eigenvalue weighted by Gasteiger charge is 1.96. The molecule has 0 aromatic rings. The molecule has 13 heavy (non-hydrogen) atoms. The molecule has 0 aliphatic rings. The Morgan fingerprint density at radius 1 is 1.77 bits per heavy atom. The topological polar surface area (TPSA) is 111 Å². The van der Waals surface area contributed by atoms with E-state index in [1.165, 1.54) is 7.05 Å². The molecule has 0 fully saturated rings. The Hall–Kier alpha value is -1.92. The summed E-state index contributed by atoms with van der Waals surface area (Å²) in [7, 11) is 1.47. The molecule has 0 bridgehead atoms. The third-order valence-corrected chi connectivity index (χ3v) is 1.08. The molecule has 72 valence electrons. The lowest BCUT2D eigenvalue weighted by Gasteiger charge is -1.91. The predicted molar refractivity (Wildman–Crippen MR) is 46.7 cm³/mol. The van der Waals surface area contributed by atoms with E-state index in [4.69, 9.17) is 5.73 Å². The quantitative estimate of drug-likeness (QED) is 0.329. The van der Waals surface area contributed by atoms with Crippen LogP contribution in [-0.4, -0.2) is 30.6 Å². The highest BCUT2D eigenvalue weighted by atomic mass is 16.6. The number of amides is 1. The highest BCUT2D eigenvalue weighted by molar-refractivity contribution is 5.81. The molecular formula is C6H10N4O3.